The van der Waals surface area contributed by atoms with E-state index in [1.807, 2.05) is 0 Å². The second kappa shape index (κ2) is 11.4. The van der Waals surface area contributed by atoms with Crippen LogP contribution in [0.5, 0.6) is 0 Å². The third kappa shape index (κ3) is 4.85. The molecule has 5 rings (SSSR count). The van der Waals surface area contributed by atoms with Gasteiger partial charge in [-0.25, -0.2) is 9.69 Å². The van der Waals surface area contributed by atoms with Gasteiger partial charge in [0.25, 0.3) is 0 Å². The first kappa shape index (κ1) is 28.4. The van der Waals surface area contributed by atoms with Crippen molar-refractivity contribution in [1.29, 1.82) is 0 Å². The molecule has 9 nitrogen and oxygen atoms in total. The van der Waals surface area contributed by atoms with E-state index in [0.717, 1.165) is 28.0 Å². The van der Waals surface area contributed by atoms with Gasteiger partial charge in [-0.05, 0) is 49.7 Å². The molecule has 13 heteroatoms. The van der Waals surface area contributed by atoms with Crippen LogP contribution in [-0.4, -0.2) is 46.8 Å². The molecule has 3 unspecified atom stereocenters. The lowest BCUT2D eigenvalue weighted by atomic mass is 9.83. The first-order valence-electron chi connectivity index (χ1n) is 12.3. The maximum Gasteiger partial charge on any atom is 0.338 e. The molecule has 3 atom stereocenters. The lowest BCUT2D eigenvalue weighted by Crippen LogP contribution is -2.33. The van der Waals surface area contributed by atoms with Crippen LogP contribution < -0.4 is 9.77 Å². The smallest absolute Gasteiger partial charge is 0.338 e. The molecule has 40 heavy (non-hydrogen) atoms. The van der Waals surface area contributed by atoms with Crippen molar-refractivity contribution in [3.8, 4) is 0 Å². The lowest BCUT2D eigenvalue weighted by molar-refractivity contribution is -0.144. The van der Waals surface area contributed by atoms with Gasteiger partial charge in [-0.2, -0.15) is 0 Å². The standard InChI is InChI=1S/C27H22Cl2N2O7S2/c1-3-37-17(32)12-30-25-22(40-27(30)36)18(15-6-5-7-16(28)20(15)29)19-21(39-25)24(34)31(23(19)33)14-10-8-13(9-11-14)26(35)38-4-2/h5-11,18-19,21H,3-4,12H2,1-2H3. The maximum absolute atomic E-state index is 14.0. The van der Waals surface area contributed by atoms with Gasteiger partial charge in [-0.1, -0.05) is 58.4 Å². The number of ether oxygens (including phenoxy) is 2. The highest BCUT2D eigenvalue weighted by Gasteiger charge is 2.57. The molecule has 2 aliphatic heterocycles. The van der Waals surface area contributed by atoms with E-state index < -0.39 is 45.7 Å². The molecule has 0 saturated carbocycles. The monoisotopic (exact) mass is 620 g/mol. The van der Waals surface area contributed by atoms with Crippen molar-refractivity contribution < 1.29 is 28.7 Å². The maximum atomic E-state index is 14.0. The summed E-state index contributed by atoms with van der Waals surface area (Å²) >= 11 is 14.9. The van der Waals surface area contributed by atoms with Gasteiger partial charge in [0.1, 0.15) is 11.8 Å². The molecule has 0 aliphatic carbocycles. The van der Waals surface area contributed by atoms with Gasteiger partial charge < -0.3 is 9.47 Å². The molecule has 2 aromatic carbocycles. The van der Waals surface area contributed by atoms with Crippen molar-refractivity contribution >= 4 is 75.7 Å². The van der Waals surface area contributed by atoms with Crippen molar-refractivity contribution in [2.75, 3.05) is 18.1 Å². The molecular weight excluding hydrogens is 599 g/mol. The molecule has 0 radical (unpaired) electrons. The summed E-state index contributed by atoms with van der Waals surface area (Å²) in [6.07, 6.45) is 0. The Balaban J connectivity index is 1.61. The van der Waals surface area contributed by atoms with Crippen LogP contribution in [0, 0.1) is 5.92 Å². The van der Waals surface area contributed by atoms with Gasteiger partial charge in [-0.15, -0.1) is 0 Å². The highest BCUT2D eigenvalue weighted by atomic mass is 35.5. The second-order valence-corrected chi connectivity index (χ2v) is 11.8. The third-order valence-corrected chi connectivity index (χ3v) is 10.0. The van der Waals surface area contributed by atoms with E-state index >= 15 is 0 Å². The number of thiazole rings is 1. The highest BCUT2D eigenvalue weighted by Crippen LogP contribution is 2.55. The number of amides is 2. The van der Waals surface area contributed by atoms with Crippen molar-refractivity contribution in [3.63, 3.8) is 0 Å². The van der Waals surface area contributed by atoms with Gasteiger partial charge >= 0.3 is 16.8 Å². The summed E-state index contributed by atoms with van der Waals surface area (Å²) in [6.45, 7) is 3.39. The molecule has 0 bridgehead atoms. The fraction of sp³-hybridized carbons (Fsp3) is 0.296. The largest absolute Gasteiger partial charge is 0.465 e. The number of fused-ring (bicyclic) bond motifs is 2. The Morgan fingerprint density at radius 2 is 1.65 bits per heavy atom. The van der Waals surface area contributed by atoms with Crippen LogP contribution in [0.1, 0.15) is 40.6 Å². The summed E-state index contributed by atoms with van der Waals surface area (Å²) in [5, 5.41) is -0.0312. The fourth-order valence-corrected chi connectivity index (χ4v) is 8.09. The molecule has 3 heterocycles. The number of rotatable bonds is 7. The SMILES string of the molecule is CCOC(=O)Cn1c2c(sc1=O)C(c1cccc(Cl)c1Cl)C1C(=O)N(c3ccc(C(=O)OCC)cc3)C(=O)C1S2. The van der Waals surface area contributed by atoms with Crippen LogP contribution in [0.15, 0.2) is 52.3 Å². The summed E-state index contributed by atoms with van der Waals surface area (Å²) < 4.78 is 11.3. The van der Waals surface area contributed by atoms with Crippen LogP contribution >= 0.6 is 46.3 Å². The van der Waals surface area contributed by atoms with Crippen LogP contribution in [0.3, 0.4) is 0 Å². The van der Waals surface area contributed by atoms with Crippen molar-refractivity contribution in [3.05, 3.63) is 78.2 Å². The average Bonchev–Trinajstić information content (AvgIpc) is 3.37. The second-order valence-electron chi connectivity index (χ2n) is 8.89. The zero-order chi connectivity index (χ0) is 28.7. The quantitative estimate of drug-likeness (QED) is 0.275. The van der Waals surface area contributed by atoms with E-state index in [9.17, 15) is 24.0 Å². The topological polar surface area (TPSA) is 112 Å². The Bertz CT molecular complexity index is 1580. The molecule has 208 valence electrons. The number of esters is 2. The molecule has 2 amide bonds. The Hall–Kier alpha value is -3.12. The number of hydrogen-bond acceptors (Lipinski definition) is 9. The summed E-state index contributed by atoms with van der Waals surface area (Å²) in [5.74, 6) is -3.75. The van der Waals surface area contributed by atoms with E-state index in [4.69, 9.17) is 32.7 Å². The number of halogens is 2. The van der Waals surface area contributed by atoms with Crippen LogP contribution in [-0.2, 0) is 30.4 Å². The van der Waals surface area contributed by atoms with Gasteiger partial charge in [0.15, 0.2) is 0 Å². The Morgan fingerprint density at radius 1 is 0.950 bits per heavy atom. The summed E-state index contributed by atoms with van der Waals surface area (Å²) in [7, 11) is 0. The summed E-state index contributed by atoms with van der Waals surface area (Å²) in [5.41, 5.74) is 1.07. The number of nitrogens with zero attached hydrogens (tertiary/aromatic N) is 2. The lowest BCUT2D eigenvalue weighted by Gasteiger charge is -2.31. The van der Waals surface area contributed by atoms with E-state index in [-0.39, 0.29) is 35.4 Å². The number of aromatic nitrogens is 1. The highest BCUT2D eigenvalue weighted by molar-refractivity contribution is 8.00. The van der Waals surface area contributed by atoms with Gasteiger partial charge in [0.2, 0.25) is 11.8 Å². The number of anilines is 1. The molecule has 3 aromatic rings. The predicted octanol–water partition coefficient (Wildman–Crippen LogP) is 4.75. The molecule has 1 fully saturated rings. The van der Waals surface area contributed by atoms with Gasteiger partial charge in [0, 0.05) is 10.8 Å². The summed E-state index contributed by atoms with van der Waals surface area (Å²) in [6, 6.07) is 11.0. The normalized spacial score (nSPS) is 19.8. The minimum absolute atomic E-state index is 0.148. The Labute approximate surface area is 247 Å². The number of carbonyl (C=O) groups is 4. The van der Waals surface area contributed by atoms with Crippen molar-refractivity contribution in [2.24, 2.45) is 5.92 Å². The minimum Gasteiger partial charge on any atom is -0.465 e. The van der Waals surface area contributed by atoms with Crippen LogP contribution in [0.4, 0.5) is 5.69 Å². The van der Waals surface area contributed by atoms with Crippen molar-refractivity contribution in [1.82, 2.24) is 4.57 Å². The first-order valence-corrected chi connectivity index (χ1v) is 14.8. The van der Waals surface area contributed by atoms with Crippen molar-refractivity contribution in [2.45, 2.75) is 36.6 Å². The zero-order valence-electron chi connectivity index (χ0n) is 21.2. The van der Waals surface area contributed by atoms with E-state index in [1.165, 1.54) is 28.8 Å². The fourth-order valence-electron chi connectivity index (χ4n) is 4.90. The van der Waals surface area contributed by atoms with Gasteiger partial charge in [0.05, 0.1) is 45.5 Å². The number of imide groups is 1. The predicted molar refractivity (Wildman–Crippen MR) is 152 cm³/mol. The minimum atomic E-state index is -0.910. The van der Waals surface area contributed by atoms with Gasteiger partial charge in [-0.3, -0.25) is 23.7 Å². The molecule has 2 aliphatic rings. The van der Waals surface area contributed by atoms with Crippen LogP contribution in [0.2, 0.25) is 10.0 Å². The number of carbonyl (C=O) groups excluding carboxylic acids is 4. The average molecular weight is 622 g/mol. The van der Waals surface area contributed by atoms with E-state index in [1.54, 1.807) is 32.0 Å². The van der Waals surface area contributed by atoms with Crippen LogP contribution in [0.25, 0.3) is 0 Å². The molecule has 0 spiro atoms. The molecule has 1 saturated heterocycles. The van der Waals surface area contributed by atoms with E-state index in [2.05, 4.69) is 0 Å². The summed E-state index contributed by atoms with van der Waals surface area (Å²) in [4.78, 5) is 66.4. The zero-order valence-corrected chi connectivity index (χ0v) is 24.4. The third-order valence-electron chi connectivity index (χ3n) is 6.59. The Morgan fingerprint density at radius 3 is 2.33 bits per heavy atom. The van der Waals surface area contributed by atoms with E-state index in [0.29, 0.717) is 21.2 Å². The Kier molecular flexibility index (Phi) is 8.10. The first-order chi connectivity index (χ1) is 19.2. The molecule has 1 aromatic heterocycles. The number of hydrogen-bond donors (Lipinski definition) is 0. The number of benzene rings is 2. The molecule has 0 N–H and O–H groups in total. The number of thioether (sulfide) groups is 1. The molecular formula is C27H22Cl2N2O7S2.